The normalized spacial score (nSPS) is 16.6. The number of hydrogen-bond acceptors (Lipinski definition) is 6. The molecule has 1 aromatic rings. The fourth-order valence-corrected chi connectivity index (χ4v) is 2.99. The van der Waals surface area contributed by atoms with Gasteiger partial charge < -0.3 is 10.5 Å². The van der Waals surface area contributed by atoms with Crippen LogP contribution in [0.2, 0.25) is 0 Å². The van der Waals surface area contributed by atoms with Gasteiger partial charge >= 0.3 is 0 Å². The summed E-state index contributed by atoms with van der Waals surface area (Å²) < 4.78 is 30.2. The van der Waals surface area contributed by atoms with E-state index in [0.29, 0.717) is 11.4 Å². The van der Waals surface area contributed by atoms with Gasteiger partial charge in [-0.2, -0.15) is 4.31 Å². The summed E-state index contributed by atoms with van der Waals surface area (Å²) in [5, 5.41) is 2.04. The van der Waals surface area contributed by atoms with Crippen molar-refractivity contribution in [3.63, 3.8) is 0 Å². The number of nitrogens with one attached hydrogen (secondary N) is 1. The van der Waals surface area contributed by atoms with Gasteiger partial charge in [-0.25, -0.2) is 8.42 Å². The highest BCUT2D eigenvalue weighted by molar-refractivity contribution is 7.89. The molecule has 2 rings (SSSR count). The van der Waals surface area contributed by atoms with E-state index in [0.717, 1.165) is 4.31 Å². The smallest absolute Gasteiger partial charge is 0.241 e. The number of nitrogens with zero attached hydrogens (tertiary/aromatic N) is 1. The number of piperazine rings is 1. The zero-order chi connectivity index (χ0) is 15.5. The number of nitrogen functional groups attached to an aromatic ring is 1. The van der Waals surface area contributed by atoms with E-state index in [9.17, 15) is 18.0 Å². The second-order valence-corrected chi connectivity index (χ2v) is 6.53. The highest BCUT2D eigenvalue weighted by Crippen LogP contribution is 2.19. The quantitative estimate of drug-likeness (QED) is 0.528. The number of carbonyl (C=O) groups is 2. The summed E-state index contributed by atoms with van der Waals surface area (Å²) in [4.78, 5) is 22.4. The molecule has 0 aromatic heterocycles. The van der Waals surface area contributed by atoms with Crippen molar-refractivity contribution in [1.82, 2.24) is 9.62 Å². The SMILES string of the molecule is Nc1ccccc1OCCS(=O)(=O)N1CC(=O)NC(=O)C1. The van der Waals surface area contributed by atoms with E-state index in [1.165, 1.54) is 0 Å². The van der Waals surface area contributed by atoms with Gasteiger partial charge in [-0.05, 0) is 12.1 Å². The van der Waals surface area contributed by atoms with Gasteiger partial charge in [0.2, 0.25) is 21.8 Å². The van der Waals surface area contributed by atoms with Crippen molar-refractivity contribution in [3.8, 4) is 5.75 Å². The first-order valence-electron chi connectivity index (χ1n) is 6.16. The van der Waals surface area contributed by atoms with Crippen LogP contribution in [0.4, 0.5) is 5.69 Å². The monoisotopic (exact) mass is 313 g/mol. The van der Waals surface area contributed by atoms with Crippen molar-refractivity contribution in [2.75, 3.05) is 31.2 Å². The zero-order valence-corrected chi connectivity index (χ0v) is 11.9. The van der Waals surface area contributed by atoms with Crippen molar-refractivity contribution >= 4 is 27.5 Å². The number of ether oxygens (including phenoxy) is 1. The molecule has 1 aliphatic rings. The number of carbonyl (C=O) groups excluding carboxylic acids is 2. The van der Waals surface area contributed by atoms with Gasteiger partial charge in [-0.1, -0.05) is 12.1 Å². The van der Waals surface area contributed by atoms with Crippen LogP contribution in [0.25, 0.3) is 0 Å². The lowest BCUT2D eigenvalue weighted by Crippen LogP contribution is -2.54. The second kappa shape index (κ2) is 6.10. The Hall–Kier alpha value is -2.13. The number of para-hydroxylation sites is 2. The van der Waals surface area contributed by atoms with Crippen LogP contribution in [0.1, 0.15) is 0 Å². The van der Waals surface area contributed by atoms with E-state index in [2.05, 4.69) is 0 Å². The van der Waals surface area contributed by atoms with Crippen LogP contribution >= 0.6 is 0 Å². The lowest BCUT2D eigenvalue weighted by Gasteiger charge is -2.24. The van der Waals surface area contributed by atoms with Gasteiger partial charge in [-0.3, -0.25) is 14.9 Å². The van der Waals surface area contributed by atoms with Gasteiger partial charge in [0, 0.05) is 0 Å². The van der Waals surface area contributed by atoms with E-state index in [1.54, 1.807) is 24.3 Å². The molecule has 0 aliphatic carbocycles. The lowest BCUT2D eigenvalue weighted by atomic mass is 10.3. The molecule has 1 heterocycles. The van der Waals surface area contributed by atoms with Crippen molar-refractivity contribution in [2.45, 2.75) is 0 Å². The van der Waals surface area contributed by atoms with Crippen LogP contribution in [-0.2, 0) is 19.6 Å². The third kappa shape index (κ3) is 3.92. The Morgan fingerprint density at radius 1 is 1.19 bits per heavy atom. The van der Waals surface area contributed by atoms with E-state index in [1.807, 2.05) is 5.32 Å². The molecule has 9 heteroatoms. The second-order valence-electron chi connectivity index (χ2n) is 4.44. The first-order chi connectivity index (χ1) is 9.88. The van der Waals surface area contributed by atoms with Crippen LogP contribution in [0.3, 0.4) is 0 Å². The fraction of sp³-hybridized carbons (Fsp3) is 0.333. The van der Waals surface area contributed by atoms with E-state index in [-0.39, 0.29) is 25.4 Å². The Morgan fingerprint density at radius 2 is 1.81 bits per heavy atom. The first-order valence-corrected chi connectivity index (χ1v) is 7.77. The number of rotatable bonds is 5. The molecule has 0 atom stereocenters. The number of sulfonamides is 1. The molecule has 1 aliphatic heterocycles. The average Bonchev–Trinajstić information content (AvgIpc) is 2.40. The van der Waals surface area contributed by atoms with Crippen LogP contribution in [0.5, 0.6) is 5.75 Å². The molecule has 8 nitrogen and oxygen atoms in total. The molecular weight excluding hydrogens is 298 g/mol. The number of hydrogen-bond donors (Lipinski definition) is 2. The highest BCUT2D eigenvalue weighted by Gasteiger charge is 2.31. The van der Waals surface area contributed by atoms with Crippen molar-refractivity contribution in [1.29, 1.82) is 0 Å². The van der Waals surface area contributed by atoms with Gasteiger partial charge in [0.05, 0.1) is 24.5 Å². The average molecular weight is 313 g/mol. The molecule has 21 heavy (non-hydrogen) atoms. The number of benzene rings is 1. The Labute approximate surface area is 121 Å². The zero-order valence-electron chi connectivity index (χ0n) is 11.1. The first kappa shape index (κ1) is 15.3. The van der Waals surface area contributed by atoms with E-state index >= 15 is 0 Å². The number of imide groups is 1. The van der Waals surface area contributed by atoms with Crippen molar-refractivity contribution < 1.29 is 22.7 Å². The van der Waals surface area contributed by atoms with Crippen LogP contribution in [0.15, 0.2) is 24.3 Å². The summed E-state index contributed by atoms with van der Waals surface area (Å²) in [6, 6.07) is 6.71. The topological polar surface area (TPSA) is 119 Å². The molecule has 0 radical (unpaired) electrons. The van der Waals surface area contributed by atoms with Crippen LogP contribution in [0, 0.1) is 0 Å². The molecule has 0 bridgehead atoms. The van der Waals surface area contributed by atoms with Gasteiger partial charge in [0.25, 0.3) is 0 Å². The maximum absolute atomic E-state index is 12.0. The molecule has 0 saturated carbocycles. The summed E-state index contributed by atoms with van der Waals surface area (Å²) in [6.45, 7) is -0.841. The number of anilines is 1. The molecule has 1 fully saturated rings. The maximum Gasteiger partial charge on any atom is 0.241 e. The third-order valence-corrected chi connectivity index (χ3v) is 4.56. The summed E-state index contributed by atoms with van der Waals surface area (Å²) >= 11 is 0. The van der Waals surface area contributed by atoms with Crippen molar-refractivity contribution in [3.05, 3.63) is 24.3 Å². The molecular formula is C12H15N3O5S. The summed E-state index contributed by atoms with van der Waals surface area (Å²) in [5.74, 6) is -1.23. The molecule has 2 amide bonds. The Morgan fingerprint density at radius 3 is 2.43 bits per heavy atom. The van der Waals surface area contributed by atoms with Gasteiger partial charge in [0.15, 0.2) is 0 Å². The van der Waals surface area contributed by atoms with Crippen LogP contribution < -0.4 is 15.8 Å². The van der Waals surface area contributed by atoms with E-state index < -0.39 is 21.8 Å². The standard InChI is InChI=1S/C12H15N3O5S/c13-9-3-1-2-4-10(9)20-5-6-21(18,19)15-7-11(16)14-12(17)8-15/h1-4H,5-8,13H2,(H,14,16,17). The molecule has 1 aromatic carbocycles. The number of amides is 2. The lowest BCUT2D eigenvalue weighted by molar-refractivity contribution is -0.134. The molecule has 1 saturated heterocycles. The van der Waals surface area contributed by atoms with Gasteiger partial charge in [-0.15, -0.1) is 0 Å². The van der Waals surface area contributed by atoms with Gasteiger partial charge in [0.1, 0.15) is 12.4 Å². The summed E-state index contributed by atoms with van der Waals surface area (Å²) in [7, 11) is -3.75. The highest BCUT2D eigenvalue weighted by atomic mass is 32.2. The Balaban J connectivity index is 1.94. The molecule has 0 spiro atoms. The molecule has 0 unspecified atom stereocenters. The van der Waals surface area contributed by atoms with E-state index in [4.69, 9.17) is 10.5 Å². The molecule has 114 valence electrons. The number of nitrogens with two attached hydrogens (primary N) is 1. The minimum atomic E-state index is -3.75. The maximum atomic E-state index is 12.0. The predicted octanol–water partition coefficient (Wildman–Crippen LogP) is -1.06. The van der Waals surface area contributed by atoms with Crippen molar-refractivity contribution in [2.24, 2.45) is 0 Å². The minimum Gasteiger partial charge on any atom is -0.490 e. The minimum absolute atomic E-state index is 0.122. The largest absolute Gasteiger partial charge is 0.490 e. The summed E-state index contributed by atoms with van der Waals surface area (Å²) in [6.07, 6.45) is 0. The summed E-state index contributed by atoms with van der Waals surface area (Å²) in [5.41, 5.74) is 6.07. The predicted molar refractivity (Wildman–Crippen MR) is 74.9 cm³/mol. The third-order valence-electron chi connectivity index (χ3n) is 2.83. The van der Waals surface area contributed by atoms with Crippen LogP contribution in [-0.4, -0.2) is 50.0 Å². The Bertz CT molecular complexity index is 643. The molecule has 3 N–H and O–H groups in total. The Kier molecular flexibility index (Phi) is 4.43. The fourth-order valence-electron chi connectivity index (χ4n) is 1.81.